The van der Waals surface area contributed by atoms with Crippen molar-refractivity contribution in [1.82, 2.24) is 10.3 Å². The molecule has 0 fully saturated rings. The van der Waals surface area contributed by atoms with E-state index in [1.807, 2.05) is 0 Å². The van der Waals surface area contributed by atoms with Crippen LogP contribution in [-0.4, -0.2) is 43.8 Å². The van der Waals surface area contributed by atoms with E-state index in [4.69, 9.17) is 40.5 Å². The molecule has 0 radical (unpaired) electrons. The molecule has 0 saturated carbocycles. The van der Waals surface area contributed by atoms with Crippen LogP contribution in [0.3, 0.4) is 0 Å². The first-order valence-corrected chi connectivity index (χ1v) is 13.6. The van der Waals surface area contributed by atoms with Gasteiger partial charge in [-0.15, -0.1) is 0 Å². The number of nitrogens with two attached hydrogens (primary N) is 1. The number of amides is 2. The molecule has 1 aromatic heterocycles. The fraction of sp³-hybridized carbons (Fsp3) is 0.208. The summed E-state index contributed by atoms with van der Waals surface area (Å²) in [5, 5.41) is 5.95. The first-order valence-electron chi connectivity index (χ1n) is 11.1. The minimum atomic E-state index is -4.15. The zero-order valence-corrected chi connectivity index (χ0v) is 22.5. The second-order valence-electron chi connectivity index (χ2n) is 8.42. The van der Waals surface area contributed by atoms with Gasteiger partial charge in [0.1, 0.15) is 11.6 Å². The van der Waals surface area contributed by atoms with Crippen molar-refractivity contribution in [2.75, 3.05) is 16.2 Å². The van der Waals surface area contributed by atoms with Gasteiger partial charge in [0.2, 0.25) is 5.91 Å². The van der Waals surface area contributed by atoms with Crippen LogP contribution in [0.25, 0.3) is 0 Å². The molecule has 9 nitrogen and oxygen atoms in total. The number of nitrogens with one attached hydrogen (secondary N) is 2. The second kappa shape index (κ2) is 10.8. The highest BCUT2D eigenvalue weighted by Crippen LogP contribution is 2.33. The van der Waals surface area contributed by atoms with Crippen molar-refractivity contribution in [3.63, 3.8) is 0 Å². The maximum atomic E-state index is 13.7. The summed E-state index contributed by atoms with van der Waals surface area (Å²) in [4.78, 5) is 29.5. The highest BCUT2D eigenvalue weighted by molar-refractivity contribution is 7.92. The molecular formula is C24H22Cl3N5O4S. The largest absolute Gasteiger partial charge is 0.350 e. The van der Waals surface area contributed by atoms with E-state index in [2.05, 4.69) is 15.6 Å². The molecule has 0 saturated heterocycles. The predicted octanol–water partition coefficient (Wildman–Crippen LogP) is 3.88. The van der Waals surface area contributed by atoms with Crippen LogP contribution in [0.4, 0.5) is 11.6 Å². The molecule has 194 valence electrons. The number of carbonyl (C=O) groups excluding carboxylic acids is 2. The summed E-state index contributed by atoms with van der Waals surface area (Å²) in [5.41, 5.74) is 6.29. The number of hydrogen-bond donors (Lipinski definition) is 3. The predicted molar refractivity (Wildman–Crippen MR) is 144 cm³/mol. The Hall–Kier alpha value is -2.89. The molecule has 2 amide bonds. The molecular weight excluding hydrogens is 561 g/mol. The van der Waals surface area contributed by atoms with Crippen molar-refractivity contribution in [3.8, 4) is 0 Å². The van der Waals surface area contributed by atoms with Crippen LogP contribution in [0.15, 0.2) is 59.5 Å². The van der Waals surface area contributed by atoms with Crippen LogP contribution >= 0.6 is 34.8 Å². The Morgan fingerprint density at radius 3 is 2.41 bits per heavy atom. The number of nitrogens with zero attached hydrogens (tertiary/aromatic N) is 2. The zero-order valence-electron chi connectivity index (χ0n) is 19.4. The third-order valence-corrected chi connectivity index (χ3v) is 8.24. The Bertz CT molecular complexity index is 1460. The van der Waals surface area contributed by atoms with Crippen molar-refractivity contribution in [1.29, 1.82) is 0 Å². The van der Waals surface area contributed by atoms with E-state index in [9.17, 15) is 18.0 Å². The molecule has 2 unspecified atom stereocenters. The lowest BCUT2D eigenvalue weighted by molar-refractivity contribution is -0.122. The van der Waals surface area contributed by atoms with Crippen LogP contribution in [0.2, 0.25) is 15.1 Å². The molecule has 2 aromatic carbocycles. The lowest BCUT2D eigenvalue weighted by Crippen LogP contribution is -2.53. The molecule has 1 aliphatic heterocycles. The van der Waals surface area contributed by atoms with E-state index >= 15 is 0 Å². The van der Waals surface area contributed by atoms with Gasteiger partial charge in [-0.1, -0.05) is 53.0 Å². The number of halogens is 3. The van der Waals surface area contributed by atoms with Crippen LogP contribution < -0.4 is 20.7 Å². The smallest absolute Gasteiger partial charge is 0.265 e. The van der Waals surface area contributed by atoms with Gasteiger partial charge in [-0.25, -0.2) is 17.7 Å². The molecule has 4 N–H and O–H groups in total. The monoisotopic (exact) mass is 581 g/mol. The van der Waals surface area contributed by atoms with Gasteiger partial charge in [-0.05, 0) is 55.3 Å². The molecule has 0 bridgehead atoms. The van der Waals surface area contributed by atoms with E-state index in [0.29, 0.717) is 12.0 Å². The van der Waals surface area contributed by atoms with Gasteiger partial charge in [-0.3, -0.25) is 9.59 Å². The molecule has 0 spiro atoms. The number of pyridine rings is 1. The number of carbonyl (C=O) groups is 2. The van der Waals surface area contributed by atoms with Gasteiger partial charge in [0, 0.05) is 5.02 Å². The van der Waals surface area contributed by atoms with E-state index in [1.165, 1.54) is 43.3 Å². The lowest BCUT2D eigenvalue weighted by atomic mass is 10.0. The number of fused-ring (bicyclic) bond motifs is 1. The molecule has 0 aliphatic carbocycles. The second-order valence-corrected chi connectivity index (χ2v) is 11.5. The van der Waals surface area contributed by atoms with Crippen LogP contribution in [0, 0.1) is 0 Å². The number of aromatic nitrogens is 1. The quantitative estimate of drug-likeness (QED) is 0.404. The molecule has 4 rings (SSSR count). The number of sulfonamides is 1. The minimum Gasteiger partial charge on any atom is -0.350 e. The zero-order chi connectivity index (χ0) is 26.9. The highest BCUT2D eigenvalue weighted by Gasteiger charge is 2.36. The maximum Gasteiger partial charge on any atom is 0.265 e. The van der Waals surface area contributed by atoms with Gasteiger partial charge < -0.3 is 16.4 Å². The van der Waals surface area contributed by atoms with Crippen LogP contribution in [-0.2, 0) is 21.2 Å². The standard InChI is InChI=1S/C24H22Cl3N5O4S/c1-13(28)23(33)29-16-10-14-8-9-20(31-24(34)21-18(26)6-3-7-19(21)27)30-22(14)32(12-16)37(35,36)17-5-2-4-15(25)11-17/h2-9,11,13,16H,10,12,28H2,1H3,(H,29,33)(H,30,31,34). The summed E-state index contributed by atoms with van der Waals surface area (Å²) < 4.78 is 28.4. The number of hydrogen-bond acceptors (Lipinski definition) is 6. The molecule has 2 atom stereocenters. The fourth-order valence-corrected chi connectivity index (χ4v) is 6.20. The number of benzene rings is 2. The van der Waals surface area contributed by atoms with E-state index < -0.39 is 33.9 Å². The van der Waals surface area contributed by atoms with Gasteiger partial charge in [0.15, 0.2) is 0 Å². The topological polar surface area (TPSA) is 134 Å². The summed E-state index contributed by atoms with van der Waals surface area (Å²) in [6.45, 7) is 1.43. The van der Waals surface area contributed by atoms with Gasteiger partial charge in [0.25, 0.3) is 15.9 Å². The van der Waals surface area contributed by atoms with Gasteiger partial charge in [-0.2, -0.15) is 0 Å². The van der Waals surface area contributed by atoms with Crippen molar-refractivity contribution in [2.24, 2.45) is 5.73 Å². The first kappa shape index (κ1) is 27.2. The van der Waals surface area contributed by atoms with Gasteiger partial charge in [0.05, 0.1) is 39.1 Å². The highest BCUT2D eigenvalue weighted by atomic mass is 35.5. The summed E-state index contributed by atoms with van der Waals surface area (Å²) in [5.74, 6) is -0.828. The Balaban J connectivity index is 1.73. The minimum absolute atomic E-state index is 0.0517. The Morgan fingerprint density at radius 1 is 1.08 bits per heavy atom. The normalized spacial score (nSPS) is 16.0. The number of anilines is 2. The van der Waals surface area contributed by atoms with Crippen LogP contribution in [0.1, 0.15) is 22.8 Å². The van der Waals surface area contributed by atoms with Crippen molar-refractivity contribution >= 4 is 68.3 Å². The first-order chi connectivity index (χ1) is 17.5. The Labute approximate surface area is 229 Å². The van der Waals surface area contributed by atoms with Crippen molar-refractivity contribution in [2.45, 2.75) is 30.3 Å². The fourth-order valence-electron chi connectivity index (χ4n) is 3.83. The van der Waals surface area contributed by atoms with Crippen molar-refractivity contribution < 1.29 is 18.0 Å². The van der Waals surface area contributed by atoms with Gasteiger partial charge >= 0.3 is 0 Å². The van der Waals surface area contributed by atoms with E-state index in [-0.39, 0.29) is 43.7 Å². The summed E-state index contributed by atoms with van der Waals surface area (Å²) >= 11 is 18.3. The average Bonchev–Trinajstić information content (AvgIpc) is 2.83. The van der Waals surface area contributed by atoms with E-state index in [0.717, 1.165) is 4.31 Å². The average molecular weight is 583 g/mol. The van der Waals surface area contributed by atoms with Crippen molar-refractivity contribution in [3.05, 3.63) is 80.8 Å². The van der Waals surface area contributed by atoms with Crippen LogP contribution in [0.5, 0.6) is 0 Å². The molecule has 37 heavy (non-hydrogen) atoms. The SMILES string of the molecule is CC(N)C(=O)NC1Cc2ccc(NC(=O)c3c(Cl)cccc3Cl)nc2N(S(=O)(=O)c2cccc(Cl)c2)C1. The maximum absolute atomic E-state index is 13.7. The third-order valence-electron chi connectivity index (χ3n) is 5.62. The lowest BCUT2D eigenvalue weighted by Gasteiger charge is -2.35. The third kappa shape index (κ3) is 5.83. The summed E-state index contributed by atoms with van der Waals surface area (Å²) in [7, 11) is -4.15. The molecule has 1 aliphatic rings. The van der Waals surface area contributed by atoms with E-state index in [1.54, 1.807) is 18.2 Å². The Morgan fingerprint density at radius 2 is 1.76 bits per heavy atom. The molecule has 3 aromatic rings. The Kier molecular flexibility index (Phi) is 7.96. The molecule has 2 heterocycles. The summed E-state index contributed by atoms with van der Waals surface area (Å²) in [6.07, 6.45) is 0.299. The summed E-state index contributed by atoms with van der Waals surface area (Å²) in [6, 6.07) is 12.3. The number of rotatable bonds is 6. The molecule has 13 heteroatoms.